The minimum atomic E-state index is -0.136. The second-order valence-electron chi connectivity index (χ2n) is 4.60. The van der Waals surface area contributed by atoms with Gasteiger partial charge in [0.25, 0.3) is 5.91 Å². The molecule has 2 aromatic rings. The Bertz CT molecular complexity index is 601. The van der Waals surface area contributed by atoms with Gasteiger partial charge in [-0.1, -0.05) is 11.6 Å². The van der Waals surface area contributed by atoms with Crippen LogP contribution in [0.3, 0.4) is 0 Å². The number of carbonyl (C=O) groups excluding carboxylic acids is 1. The van der Waals surface area contributed by atoms with Gasteiger partial charge >= 0.3 is 0 Å². The van der Waals surface area contributed by atoms with E-state index in [0.29, 0.717) is 17.1 Å². The molecule has 0 atom stereocenters. The predicted octanol–water partition coefficient (Wildman–Crippen LogP) is 2.37. The molecular weight excluding hydrogens is 322 g/mol. The topological polar surface area (TPSA) is 67.2 Å². The fraction of sp³-hybridized carbons (Fsp3) is 0.333. The zero-order valence-electron chi connectivity index (χ0n) is 12.0. The summed E-state index contributed by atoms with van der Waals surface area (Å²) in [6.07, 6.45) is 4.02. The monoisotopic (exact) mass is 339 g/mol. The van der Waals surface area contributed by atoms with Crippen molar-refractivity contribution in [1.29, 1.82) is 0 Å². The summed E-state index contributed by atoms with van der Waals surface area (Å²) >= 11 is 7.56. The van der Waals surface area contributed by atoms with E-state index in [9.17, 15) is 4.79 Å². The molecule has 0 saturated carbocycles. The van der Waals surface area contributed by atoms with Crippen molar-refractivity contribution in [3.05, 3.63) is 47.2 Å². The van der Waals surface area contributed by atoms with Crippen molar-refractivity contribution in [2.24, 2.45) is 0 Å². The predicted molar refractivity (Wildman–Crippen MR) is 89.9 cm³/mol. The Morgan fingerprint density at radius 2 is 2.09 bits per heavy atom. The molecule has 118 valence electrons. The van der Waals surface area contributed by atoms with Crippen LogP contribution in [0.25, 0.3) is 5.69 Å². The molecule has 1 heterocycles. The van der Waals surface area contributed by atoms with Crippen molar-refractivity contribution < 1.29 is 9.90 Å². The number of rotatable bonds is 8. The fourth-order valence-corrected chi connectivity index (χ4v) is 2.69. The maximum atomic E-state index is 12.0. The largest absolute Gasteiger partial charge is 0.396 e. The van der Waals surface area contributed by atoms with Crippen LogP contribution in [0.5, 0.6) is 0 Å². The number of nitrogens with zero attached hydrogens (tertiary/aromatic N) is 2. The molecule has 0 aliphatic carbocycles. The number of aliphatic hydroxyl groups excluding tert-OH is 1. The van der Waals surface area contributed by atoms with Gasteiger partial charge < -0.3 is 10.4 Å². The number of aliphatic hydroxyl groups is 1. The number of carbonyl (C=O) groups is 1. The van der Waals surface area contributed by atoms with Gasteiger partial charge in [-0.25, -0.2) is 4.68 Å². The lowest BCUT2D eigenvalue weighted by Gasteiger charge is -2.03. The number of halogens is 1. The van der Waals surface area contributed by atoms with E-state index in [-0.39, 0.29) is 12.5 Å². The second kappa shape index (κ2) is 8.82. The van der Waals surface area contributed by atoms with Crippen LogP contribution in [-0.4, -0.2) is 45.5 Å². The molecule has 7 heteroatoms. The van der Waals surface area contributed by atoms with E-state index < -0.39 is 0 Å². The van der Waals surface area contributed by atoms with Crippen LogP contribution in [0.15, 0.2) is 36.7 Å². The van der Waals surface area contributed by atoms with E-state index in [0.717, 1.165) is 23.6 Å². The van der Waals surface area contributed by atoms with Crippen LogP contribution in [0.1, 0.15) is 16.8 Å². The van der Waals surface area contributed by atoms with Crippen molar-refractivity contribution >= 4 is 29.3 Å². The first-order valence-electron chi connectivity index (χ1n) is 6.98. The Kier molecular flexibility index (Phi) is 6.76. The number of hydrogen-bond donors (Lipinski definition) is 2. The average molecular weight is 340 g/mol. The maximum Gasteiger partial charge on any atom is 0.254 e. The minimum Gasteiger partial charge on any atom is -0.396 e. The average Bonchev–Trinajstić information content (AvgIpc) is 3.01. The molecule has 2 rings (SSSR count). The Morgan fingerprint density at radius 3 is 2.82 bits per heavy atom. The Morgan fingerprint density at radius 1 is 1.32 bits per heavy atom. The maximum absolute atomic E-state index is 12.0. The van der Waals surface area contributed by atoms with Gasteiger partial charge in [-0.05, 0) is 36.4 Å². The highest BCUT2D eigenvalue weighted by Gasteiger charge is 2.08. The molecule has 0 bridgehead atoms. The van der Waals surface area contributed by atoms with Crippen LogP contribution in [0.4, 0.5) is 0 Å². The summed E-state index contributed by atoms with van der Waals surface area (Å²) in [6, 6.07) is 7.24. The van der Waals surface area contributed by atoms with Gasteiger partial charge in [-0.15, -0.1) is 0 Å². The van der Waals surface area contributed by atoms with Gasteiger partial charge in [0.15, 0.2) is 0 Å². The van der Waals surface area contributed by atoms with Crippen LogP contribution < -0.4 is 5.32 Å². The fourth-order valence-electron chi connectivity index (χ4n) is 1.78. The number of thioether (sulfide) groups is 1. The smallest absolute Gasteiger partial charge is 0.254 e. The first kappa shape index (κ1) is 16.9. The summed E-state index contributed by atoms with van der Waals surface area (Å²) < 4.78 is 1.64. The quantitative estimate of drug-likeness (QED) is 0.725. The van der Waals surface area contributed by atoms with E-state index in [1.54, 1.807) is 41.0 Å². The summed E-state index contributed by atoms with van der Waals surface area (Å²) in [5.41, 5.74) is 1.37. The molecule has 1 amide bonds. The Balaban J connectivity index is 1.83. The number of hydrogen-bond acceptors (Lipinski definition) is 4. The number of benzene rings is 1. The van der Waals surface area contributed by atoms with Crippen molar-refractivity contribution in [3.63, 3.8) is 0 Å². The van der Waals surface area contributed by atoms with Crippen LogP contribution in [-0.2, 0) is 0 Å². The molecule has 2 N–H and O–H groups in total. The van der Waals surface area contributed by atoms with Crippen molar-refractivity contribution in [1.82, 2.24) is 15.1 Å². The van der Waals surface area contributed by atoms with Gasteiger partial charge in [-0.2, -0.15) is 16.9 Å². The molecule has 22 heavy (non-hydrogen) atoms. The SMILES string of the molecule is O=C(NCCSCCCO)c1cnn(-c2ccc(Cl)cc2)c1. The molecule has 0 aliphatic heterocycles. The first-order valence-corrected chi connectivity index (χ1v) is 8.51. The van der Waals surface area contributed by atoms with Crippen LogP contribution >= 0.6 is 23.4 Å². The lowest BCUT2D eigenvalue weighted by atomic mass is 10.3. The van der Waals surface area contributed by atoms with E-state index >= 15 is 0 Å². The number of aromatic nitrogens is 2. The molecule has 1 aromatic heterocycles. The normalized spacial score (nSPS) is 10.6. The summed E-state index contributed by atoms with van der Waals surface area (Å²) in [7, 11) is 0. The van der Waals surface area contributed by atoms with E-state index in [1.165, 1.54) is 0 Å². The third-order valence-electron chi connectivity index (χ3n) is 2.91. The lowest BCUT2D eigenvalue weighted by molar-refractivity contribution is 0.0956. The number of nitrogens with one attached hydrogen (secondary N) is 1. The van der Waals surface area contributed by atoms with Gasteiger partial charge in [0, 0.05) is 30.1 Å². The van der Waals surface area contributed by atoms with Crippen molar-refractivity contribution in [2.75, 3.05) is 24.7 Å². The number of amides is 1. The van der Waals surface area contributed by atoms with E-state index in [1.807, 2.05) is 12.1 Å². The summed E-state index contributed by atoms with van der Waals surface area (Å²) in [6.45, 7) is 0.810. The third-order valence-corrected chi connectivity index (χ3v) is 4.24. The van der Waals surface area contributed by atoms with Gasteiger partial charge in [-0.3, -0.25) is 4.79 Å². The highest BCUT2D eigenvalue weighted by molar-refractivity contribution is 7.99. The standard InChI is InChI=1S/C15H18ClN3O2S/c16-13-2-4-14(5-3-13)19-11-12(10-18-19)15(21)17-6-9-22-8-1-7-20/h2-5,10-11,20H,1,6-9H2,(H,17,21). The van der Waals surface area contributed by atoms with Crippen LogP contribution in [0, 0.1) is 0 Å². The highest BCUT2D eigenvalue weighted by Crippen LogP contribution is 2.13. The molecule has 0 spiro atoms. The zero-order valence-corrected chi connectivity index (χ0v) is 13.6. The molecule has 0 saturated heterocycles. The molecule has 0 aliphatic rings. The summed E-state index contributed by atoms with van der Waals surface area (Å²) in [5, 5.41) is 16.4. The lowest BCUT2D eigenvalue weighted by Crippen LogP contribution is -2.25. The Labute approximate surface area is 138 Å². The Hall–Kier alpha value is -1.50. The van der Waals surface area contributed by atoms with Crippen LogP contribution in [0.2, 0.25) is 5.02 Å². The van der Waals surface area contributed by atoms with Gasteiger partial charge in [0.1, 0.15) is 0 Å². The minimum absolute atomic E-state index is 0.136. The highest BCUT2D eigenvalue weighted by atomic mass is 35.5. The molecule has 1 aromatic carbocycles. The molecular formula is C15H18ClN3O2S. The first-order chi connectivity index (χ1) is 10.7. The van der Waals surface area contributed by atoms with Gasteiger partial charge in [0.2, 0.25) is 0 Å². The molecule has 0 radical (unpaired) electrons. The molecule has 5 nitrogen and oxygen atoms in total. The third kappa shape index (κ3) is 5.05. The van der Waals surface area contributed by atoms with Crippen molar-refractivity contribution in [2.45, 2.75) is 6.42 Å². The summed E-state index contributed by atoms with van der Waals surface area (Å²) in [4.78, 5) is 12.0. The van der Waals surface area contributed by atoms with E-state index in [4.69, 9.17) is 16.7 Å². The summed E-state index contributed by atoms with van der Waals surface area (Å²) in [5.74, 6) is 1.60. The molecule has 0 fully saturated rings. The van der Waals surface area contributed by atoms with Gasteiger partial charge in [0.05, 0.1) is 17.4 Å². The van der Waals surface area contributed by atoms with E-state index in [2.05, 4.69) is 10.4 Å². The molecule has 0 unspecified atom stereocenters. The second-order valence-corrected chi connectivity index (χ2v) is 6.26. The zero-order chi connectivity index (χ0) is 15.8. The van der Waals surface area contributed by atoms with Crippen molar-refractivity contribution in [3.8, 4) is 5.69 Å².